The standard InChI is InChI=1S/C78H118N20O15S2/c1-42(99)65(63(105)37-49(20-14-30-90-75(84)85)69(109)98-66(72(112)113)77(3,4)5)97-71(111)53(78(6,7)115)39-62(104)56(26-27-64(79)106)95-70(110)50(34-51-40-92-54-22-11-10-21-52(51)54)38-60(102)57(33-44-24-25-45-16-8-9-17-46(45)32-44)96-68(108)47(18-12-28-88-73(80)81)35-59(101)55(23-15-31-91-76(86)87)94-67(107)48(19-13-29-89-74(82)83)36-61(103)58(41-114)93-43(2)100/h8-11,16-17,21-22,24-25,32,40,42,47-50,53,55-58,65-66,92,99,114-115H,12-15,18-20,23,26-31,33-39,41H2,1-7H3,(H2,79,106)(H,93,100)(H,94,107)(H,95,110)(H,96,108)(H,97,111)(H,98,109)(H,112,113)(H4,80,81,88)(H4,82,83,89)(H4,84,85,90)(H4,86,87,91)/t42-,47-,48-,49-,50-,53-,55+,56+,57-,58+,65+,66-/m1/s1. The van der Waals surface area contributed by atoms with Crippen molar-refractivity contribution in [3.63, 3.8) is 0 Å². The van der Waals surface area contributed by atoms with E-state index in [2.05, 4.69) is 69.5 Å². The third-order valence-corrected chi connectivity index (χ3v) is 20.2. The number of aliphatic imine (C=N–C) groups is 4. The zero-order chi connectivity index (χ0) is 86.0. The van der Waals surface area contributed by atoms with Gasteiger partial charge in [-0.05, 0) is 111 Å². The molecule has 0 saturated heterocycles. The van der Waals surface area contributed by atoms with Gasteiger partial charge in [0, 0.05) is 123 Å². The molecule has 0 aliphatic rings. The quantitative estimate of drug-likeness (QED) is 0.0124. The summed E-state index contributed by atoms with van der Waals surface area (Å²) in [5.41, 5.74) is 51.4. The summed E-state index contributed by atoms with van der Waals surface area (Å²) in [6.45, 7) is 10.3. The van der Waals surface area contributed by atoms with Gasteiger partial charge in [0.1, 0.15) is 12.1 Å². The molecule has 632 valence electrons. The van der Waals surface area contributed by atoms with Crippen molar-refractivity contribution >= 4 is 147 Å². The van der Waals surface area contributed by atoms with Crippen LogP contribution in [-0.2, 0) is 75.2 Å². The number of H-pyrrole nitrogens is 1. The van der Waals surface area contributed by atoms with Gasteiger partial charge in [-0.3, -0.25) is 77.5 Å². The predicted octanol–water partition coefficient (Wildman–Crippen LogP) is 0.542. The fourth-order valence-electron chi connectivity index (χ4n) is 13.2. The number of aromatic amines is 1. The molecule has 3 aromatic carbocycles. The van der Waals surface area contributed by atoms with Crippen LogP contribution in [0.2, 0.25) is 0 Å². The summed E-state index contributed by atoms with van der Waals surface area (Å²) in [6, 6.07) is 11.3. The summed E-state index contributed by atoms with van der Waals surface area (Å²) in [6.07, 6.45) is -3.72. The predicted molar refractivity (Wildman–Crippen MR) is 446 cm³/mol. The van der Waals surface area contributed by atoms with E-state index in [1.165, 1.54) is 27.7 Å². The smallest absolute Gasteiger partial charge is 0.326 e. The highest BCUT2D eigenvalue weighted by atomic mass is 32.1. The molecule has 35 nitrogen and oxygen atoms in total. The molecule has 0 bridgehead atoms. The van der Waals surface area contributed by atoms with Gasteiger partial charge in [0.15, 0.2) is 52.8 Å². The maximum absolute atomic E-state index is 15.7. The van der Waals surface area contributed by atoms with Crippen LogP contribution in [0.4, 0.5) is 0 Å². The summed E-state index contributed by atoms with van der Waals surface area (Å²) >= 11 is 8.96. The van der Waals surface area contributed by atoms with E-state index in [-0.39, 0.29) is 120 Å². The average molecular weight is 1640 g/mol. The molecular weight excluding hydrogens is 1520 g/mol. The van der Waals surface area contributed by atoms with Crippen molar-refractivity contribution in [2.24, 2.45) is 107 Å². The first-order chi connectivity index (χ1) is 54.0. The van der Waals surface area contributed by atoms with Gasteiger partial charge in [0.2, 0.25) is 41.4 Å². The Kier molecular flexibility index (Phi) is 39.7. The highest BCUT2D eigenvalue weighted by molar-refractivity contribution is 7.81. The summed E-state index contributed by atoms with van der Waals surface area (Å²) < 4.78 is -1.42. The molecule has 37 heteroatoms. The number of aliphatic hydroxyl groups is 1. The van der Waals surface area contributed by atoms with Gasteiger partial charge in [-0.25, -0.2) is 4.79 Å². The normalized spacial score (nSPS) is 14.6. The molecule has 0 fully saturated rings. The lowest BCUT2D eigenvalue weighted by molar-refractivity contribution is -0.146. The molecule has 0 spiro atoms. The summed E-state index contributed by atoms with van der Waals surface area (Å²) in [7, 11) is 0. The van der Waals surface area contributed by atoms with E-state index in [1.54, 1.807) is 57.3 Å². The Morgan fingerprint density at radius 2 is 0.922 bits per heavy atom. The number of carbonyl (C=O) groups is 13. The Labute approximate surface area is 680 Å². The van der Waals surface area contributed by atoms with Crippen LogP contribution in [0.5, 0.6) is 0 Å². The molecule has 7 amide bonds. The highest BCUT2D eigenvalue weighted by Crippen LogP contribution is 2.31. The van der Waals surface area contributed by atoms with Crippen molar-refractivity contribution in [3.8, 4) is 0 Å². The molecule has 115 heavy (non-hydrogen) atoms. The number of nitrogens with two attached hydrogens (primary N) is 9. The van der Waals surface area contributed by atoms with E-state index in [4.69, 9.17) is 64.2 Å². The summed E-state index contributed by atoms with van der Waals surface area (Å²) in [5, 5.41) is 39.6. The maximum atomic E-state index is 15.7. The molecule has 0 radical (unpaired) electrons. The van der Waals surface area contributed by atoms with Gasteiger partial charge in [-0.15, -0.1) is 0 Å². The molecular formula is C78H118N20O15S2. The summed E-state index contributed by atoms with van der Waals surface area (Å²) in [5.74, 6) is -18.0. The van der Waals surface area contributed by atoms with E-state index < -0.39 is 203 Å². The van der Waals surface area contributed by atoms with E-state index >= 15 is 24.0 Å². The minimum Gasteiger partial charge on any atom is -0.480 e. The Hall–Kier alpha value is -10.7. The van der Waals surface area contributed by atoms with Gasteiger partial charge in [-0.2, -0.15) is 25.3 Å². The molecule has 0 aliphatic carbocycles. The first kappa shape index (κ1) is 96.7. The highest BCUT2D eigenvalue weighted by Gasteiger charge is 2.42. The third kappa shape index (κ3) is 34.1. The van der Waals surface area contributed by atoms with Gasteiger partial charge in [0.25, 0.3) is 0 Å². The lowest BCUT2D eigenvalue weighted by Crippen LogP contribution is -2.54. The number of carbonyl (C=O) groups excluding carboxylic acids is 12. The van der Waals surface area contributed by atoms with Crippen LogP contribution < -0.4 is 83.5 Å². The zero-order valence-electron chi connectivity index (χ0n) is 66.5. The van der Waals surface area contributed by atoms with E-state index in [0.29, 0.717) is 22.0 Å². The minimum absolute atomic E-state index is 0.00963. The molecule has 0 aliphatic heterocycles. The number of carboxylic acids is 1. The third-order valence-electron chi connectivity index (χ3n) is 19.5. The zero-order valence-corrected chi connectivity index (χ0v) is 68.3. The Morgan fingerprint density at radius 3 is 1.40 bits per heavy atom. The van der Waals surface area contributed by atoms with Gasteiger partial charge < -0.3 is 98.7 Å². The van der Waals surface area contributed by atoms with Crippen molar-refractivity contribution in [2.45, 2.75) is 205 Å². The number of para-hydroxylation sites is 1. The van der Waals surface area contributed by atoms with Crippen LogP contribution in [0.1, 0.15) is 156 Å². The van der Waals surface area contributed by atoms with E-state index in [9.17, 15) is 48.6 Å². The number of rotatable bonds is 53. The van der Waals surface area contributed by atoms with Crippen molar-refractivity contribution in [2.75, 3.05) is 31.9 Å². The second-order valence-electron chi connectivity index (χ2n) is 30.6. The topological polar surface area (TPSA) is 634 Å². The molecule has 4 rings (SSSR count). The van der Waals surface area contributed by atoms with Gasteiger partial charge in [-0.1, -0.05) is 95.3 Å². The maximum Gasteiger partial charge on any atom is 0.326 e. The summed E-state index contributed by atoms with van der Waals surface area (Å²) in [4.78, 5) is 204. The molecule has 4 aromatic rings. The number of Topliss-reactive ketones (excluding diaryl/α,β-unsaturated/α-hetero) is 5. The number of hydrogen-bond acceptors (Lipinski definition) is 20. The lowest BCUT2D eigenvalue weighted by atomic mass is 9.84. The molecule has 0 unspecified atom stereocenters. The second-order valence-corrected chi connectivity index (χ2v) is 32.1. The molecule has 1 aromatic heterocycles. The number of nitrogens with one attached hydrogen (secondary N) is 7. The number of primary amides is 1. The Bertz CT molecular complexity index is 4160. The van der Waals surface area contributed by atoms with Crippen LogP contribution in [0.3, 0.4) is 0 Å². The lowest BCUT2D eigenvalue weighted by Gasteiger charge is -2.32. The van der Waals surface area contributed by atoms with E-state index in [1.807, 2.05) is 36.4 Å². The van der Waals surface area contributed by atoms with Crippen LogP contribution in [0, 0.1) is 35.0 Å². The number of aliphatic carboxylic acids is 1. The van der Waals surface area contributed by atoms with Crippen LogP contribution in [0.15, 0.2) is 92.9 Å². The van der Waals surface area contributed by atoms with E-state index in [0.717, 1.165) is 10.8 Å². The van der Waals surface area contributed by atoms with Crippen molar-refractivity contribution < 1.29 is 72.5 Å². The number of ketones is 5. The van der Waals surface area contributed by atoms with Crippen molar-refractivity contribution in [1.29, 1.82) is 0 Å². The SMILES string of the molecule is CC(=O)N[C@@H](CS)C(=O)C[C@@H](CCCN=C(N)N)C(=O)N[C@@H](CCCN=C(N)N)C(=O)C[C@@H](CCCN=C(N)N)C(=O)N[C@H](Cc1ccc2ccccc2c1)C(=O)C[C@@H](Cc1c[nH]c2ccccc12)C(=O)N[C@@H](CCC(N)=O)C(=O)C[C@H](C(=O)N[C@H](C(=O)C[C@@H](CCCN=C(N)N)C(=O)N[C@H](C(=O)O)C(C)(C)C)[C@@H](C)O)C(C)(C)S. The monoisotopic (exact) mass is 1640 g/mol. The first-order valence-corrected chi connectivity index (χ1v) is 39.3. The number of aliphatic hydroxyl groups excluding tert-OH is 1. The fourth-order valence-corrected chi connectivity index (χ4v) is 13.7. The molecule has 1 heterocycles. The largest absolute Gasteiger partial charge is 0.480 e. The average Bonchev–Trinajstić information content (AvgIpc) is 1.80. The Balaban J connectivity index is 1.82. The molecule has 12 atom stereocenters. The Morgan fingerprint density at radius 1 is 0.487 bits per heavy atom. The number of benzene rings is 3. The van der Waals surface area contributed by atoms with Gasteiger partial charge >= 0.3 is 5.97 Å². The number of nitrogens with zero attached hydrogens (tertiary/aromatic N) is 4. The first-order valence-electron chi connectivity index (χ1n) is 38.2. The van der Waals surface area contributed by atoms with Crippen LogP contribution in [0.25, 0.3) is 21.7 Å². The van der Waals surface area contributed by atoms with Gasteiger partial charge in [0.05, 0.1) is 36.2 Å². The van der Waals surface area contributed by atoms with Crippen LogP contribution >= 0.6 is 25.3 Å². The number of guanidine groups is 4. The fraction of sp³-hybridized carbons (Fsp3) is 0.551. The second kappa shape index (κ2) is 47.2. The number of fused-ring (bicyclic) bond motifs is 2. The molecule has 0 saturated carbocycles. The van der Waals surface area contributed by atoms with Crippen LogP contribution in [-0.4, -0.2) is 194 Å². The molecule has 27 N–H and O–H groups in total. The number of carboxylic acid groups (broad SMARTS) is 1. The minimum atomic E-state index is -1.72. The number of hydrogen-bond donors (Lipinski definition) is 20. The number of thiol groups is 2. The number of amides is 7. The number of aromatic nitrogens is 1. The van der Waals surface area contributed by atoms with Crippen molar-refractivity contribution in [3.05, 3.63) is 84.1 Å². The van der Waals surface area contributed by atoms with Crippen molar-refractivity contribution in [1.82, 2.24) is 36.9 Å².